The van der Waals surface area contributed by atoms with E-state index in [1.54, 1.807) is 18.2 Å². The van der Waals surface area contributed by atoms with E-state index in [0.717, 1.165) is 5.56 Å². The summed E-state index contributed by atoms with van der Waals surface area (Å²) >= 11 is 0. The number of carboxylic acids is 2. The first-order valence-corrected chi connectivity index (χ1v) is 6.47. The van der Waals surface area contributed by atoms with Crippen LogP contribution in [0, 0.1) is 0 Å². The number of rotatable bonds is 8. The molecular formula is C14H18N2O5. The van der Waals surface area contributed by atoms with Crippen LogP contribution in [0.1, 0.15) is 24.8 Å². The number of aliphatic carboxylic acids is 2. The molecule has 0 fully saturated rings. The Morgan fingerprint density at radius 1 is 1.19 bits per heavy atom. The second-order valence-electron chi connectivity index (χ2n) is 4.64. The van der Waals surface area contributed by atoms with Crippen molar-refractivity contribution in [1.29, 1.82) is 0 Å². The molecule has 7 nitrogen and oxygen atoms in total. The van der Waals surface area contributed by atoms with Crippen LogP contribution in [0.15, 0.2) is 24.3 Å². The van der Waals surface area contributed by atoms with E-state index < -0.39 is 23.9 Å². The number of nitrogens with one attached hydrogen (secondary N) is 1. The van der Waals surface area contributed by atoms with Gasteiger partial charge in [-0.3, -0.25) is 9.59 Å². The first kappa shape index (κ1) is 16.5. The lowest BCUT2D eigenvalue weighted by Gasteiger charge is -2.13. The molecule has 1 aromatic rings. The van der Waals surface area contributed by atoms with Crippen LogP contribution in [0.2, 0.25) is 0 Å². The van der Waals surface area contributed by atoms with Crippen molar-refractivity contribution in [3.05, 3.63) is 29.8 Å². The van der Waals surface area contributed by atoms with Crippen LogP contribution in [0.4, 0.5) is 5.69 Å². The monoisotopic (exact) mass is 294 g/mol. The Morgan fingerprint density at radius 3 is 2.48 bits per heavy atom. The summed E-state index contributed by atoms with van der Waals surface area (Å²) in [6.07, 6.45) is 0.0869. The number of carbonyl (C=O) groups is 3. The van der Waals surface area contributed by atoms with Crippen molar-refractivity contribution in [2.75, 3.05) is 5.73 Å². The third-order valence-electron chi connectivity index (χ3n) is 2.87. The molecule has 0 saturated carbocycles. The van der Waals surface area contributed by atoms with Crippen molar-refractivity contribution >= 4 is 23.5 Å². The number of carbonyl (C=O) groups excluding carboxylic acids is 1. The van der Waals surface area contributed by atoms with Crippen molar-refractivity contribution < 1.29 is 24.6 Å². The summed E-state index contributed by atoms with van der Waals surface area (Å²) in [7, 11) is 0. The van der Waals surface area contributed by atoms with Crippen molar-refractivity contribution in [3.8, 4) is 0 Å². The van der Waals surface area contributed by atoms with Crippen LogP contribution in [-0.4, -0.2) is 34.1 Å². The van der Waals surface area contributed by atoms with E-state index >= 15 is 0 Å². The minimum absolute atomic E-state index is 0.111. The van der Waals surface area contributed by atoms with Gasteiger partial charge in [0.15, 0.2) is 0 Å². The summed E-state index contributed by atoms with van der Waals surface area (Å²) in [5, 5.41) is 19.8. The second kappa shape index (κ2) is 7.88. The topological polar surface area (TPSA) is 130 Å². The molecular weight excluding hydrogens is 276 g/mol. The highest BCUT2D eigenvalue weighted by molar-refractivity contribution is 5.84. The van der Waals surface area contributed by atoms with Crippen LogP contribution in [0.3, 0.4) is 0 Å². The number of nitrogens with two attached hydrogens (primary N) is 1. The fourth-order valence-electron chi connectivity index (χ4n) is 1.80. The fraction of sp³-hybridized carbons (Fsp3) is 0.357. The molecule has 1 atom stereocenters. The van der Waals surface area contributed by atoms with E-state index in [9.17, 15) is 14.4 Å². The largest absolute Gasteiger partial charge is 0.481 e. The average Bonchev–Trinajstić information content (AvgIpc) is 2.40. The zero-order chi connectivity index (χ0) is 15.8. The van der Waals surface area contributed by atoms with Gasteiger partial charge in [0.05, 0.1) is 0 Å². The summed E-state index contributed by atoms with van der Waals surface area (Å²) in [4.78, 5) is 33.1. The number of anilines is 1. The van der Waals surface area contributed by atoms with Gasteiger partial charge >= 0.3 is 11.9 Å². The Balaban J connectivity index is 2.46. The fourth-order valence-corrected chi connectivity index (χ4v) is 1.80. The minimum Gasteiger partial charge on any atom is -0.481 e. The van der Waals surface area contributed by atoms with Crippen LogP contribution in [0.5, 0.6) is 0 Å². The van der Waals surface area contributed by atoms with Crippen molar-refractivity contribution in [2.45, 2.75) is 31.7 Å². The number of aryl methyl sites for hydroxylation is 1. The molecule has 0 spiro atoms. The molecule has 1 aromatic carbocycles. The molecule has 5 N–H and O–H groups in total. The van der Waals surface area contributed by atoms with Crippen LogP contribution >= 0.6 is 0 Å². The molecule has 21 heavy (non-hydrogen) atoms. The Hall–Kier alpha value is -2.57. The van der Waals surface area contributed by atoms with Gasteiger partial charge in [0, 0.05) is 18.5 Å². The highest BCUT2D eigenvalue weighted by Gasteiger charge is 2.20. The number of hydrogen-bond acceptors (Lipinski definition) is 4. The van der Waals surface area contributed by atoms with Crippen molar-refractivity contribution in [2.24, 2.45) is 0 Å². The summed E-state index contributed by atoms with van der Waals surface area (Å²) in [5.41, 5.74) is 7.09. The maximum Gasteiger partial charge on any atom is 0.326 e. The second-order valence-corrected chi connectivity index (χ2v) is 4.64. The summed E-state index contributed by atoms with van der Waals surface area (Å²) in [6.45, 7) is 0. The molecule has 0 aromatic heterocycles. The molecule has 1 amide bonds. The van der Waals surface area contributed by atoms with Crippen LogP contribution in [0.25, 0.3) is 0 Å². The molecule has 0 heterocycles. The number of benzene rings is 1. The van der Waals surface area contributed by atoms with E-state index in [1.807, 2.05) is 6.07 Å². The first-order valence-electron chi connectivity index (χ1n) is 6.47. The van der Waals surface area contributed by atoms with Crippen LogP contribution in [-0.2, 0) is 20.8 Å². The van der Waals surface area contributed by atoms with E-state index in [1.165, 1.54) is 0 Å². The smallest absolute Gasteiger partial charge is 0.326 e. The lowest BCUT2D eigenvalue weighted by atomic mass is 10.1. The lowest BCUT2D eigenvalue weighted by Crippen LogP contribution is -2.41. The third kappa shape index (κ3) is 6.42. The third-order valence-corrected chi connectivity index (χ3v) is 2.87. The molecule has 0 aliphatic rings. The summed E-state index contributed by atoms with van der Waals surface area (Å²) < 4.78 is 0. The standard InChI is InChI=1S/C14H18N2O5/c15-10-3-1-2-9(8-10)4-6-12(17)16-11(14(20)21)5-7-13(18)19/h1-3,8,11H,4-7,15H2,(H,16,17)(H,18,19)(H,20,21)/t11-/m0/s1. The SMILES string of the molecule is Nc1cccc(CCC(=O)N[C@@H](CCC(=O)O)C(=O)O)c1. The highest BCUT2D eigenvalue weighted by atomic mass is 16.4. The molecule has 7 heteroatoms. The van der Waals surface area contributed by atoms with Gasteiger partial charge in [-0.2, -0.15) is 0 Å². The van der Waals surface area contributed by atoms with Gasteiger partial charge in [0.25, 0.3) is 0 Å². The number of hydrogen-bond donors (Lipinski definition) is 4. The summed E-state index contributed by atoms with van der Waals surface area (Å²) in [6, 6.07) is 5.88. The Labute approximate surface area is 121 Å². The first-order chi connectivity index (χ1) is 9.88. The quantitative estimate of drug-likeness (QED) is 0.520. The molecule has 114 valence electrons. The zero-order valence-electron chi connectivity index (χ0n) is 11.4. The number of amides is 1. The van der Waals surface area contributed by atoms with Gasteiger partial charge in [-0.25, -0.2) is 4.79 Å². The molecule has 0 radical (unpaired) electrons. The Morgan fingerprint density at radius 2 is 1.90 bits per heavy atom. The van der Waals surface area contributed by atoms with E-state index in [2.05, 4.69) is 5.32 Å². The van der Waals surface area contributed by atoms with Crippen LogP contribution < -0.4 is 11.1 Å². The summed E-state index contributed by atoms with van der Waals surface area (Å²) in [5.74, 6) is -2.78. The van der Waals surface area contributed by atoms with E-state index in [0.29, 0.717) is 12.1 Å². The van der Waals surface area contributed by atoms with E-state index in [4.69, 9.17) is 15.9 Å². The predicted molar refractivity (Wildman–Crippen MR) is 75.6 cm³/mol. The van der Waals surface area contributed by atoms with Gasteiger partial charge in [-0.05, 0) is 30.5 Å². The number of carboxylic acid groups (broad SMARTS) is 2. The predicted octanol–water partition coefficient (Wildman–Crippen LogP) is 0.636. The molecule has 1 rings (SSSR count). The molecule has 0 saturated heterocycles. The normalized spacial score (nSPS) is 11.6. The van der Waals surface area contributed by atoms with Crippen molar-refractivity contribution in [3.63, 3.8) is 0 Å². The molecule has 0 bridgehead atoms. The zero-order valence-corrected chi connectivity index (χ0v) is 11.4. The maximum atomic E-state index is 11.7. The molecule has 0 aliphatic carbocycles. The average molecular weight is 294 g/mol. The number of nitrogen functional groups attached to an aromatic ring is 1. The van der Waals surface area contributed by atoms with Gasteiger partial charge < -0.3 is 21.3 Å². The molecule has 0 aliphatic heterocycles. The van der Waals surface area contributed by atoms with E-state index in [-0.39, 0.29) is 19.3 Å². The molecule has 0 unspecified atom stereocenters. The van der Waals surface area contributed by atoms with Gasteiger partial charge in [-0.1, -0.05) is 12.1 Å². The maximum absolute atomic E-state index is 11.7. The van der Waals surface area contributed by atoms with Gasteiger partial charge in [-0.15, -0.1) is 0 Å². The van der Waals surface area contributed by atoms with Gasteiger partial charge in [0.1, 0.15) is 6.04 Å². The minimum atomic E-state index is -1.24. The Kier molecular flexibility index (Phi) is 6.19. The van der Waals surface area contributed by atoms with Crippen molar-refractivity contribution in [1.82, 2.24) is 5.32 Å². The van der Waals surface area contributed by atoms with Gasteiger partial charge in [0.2, 0.25) is 5.91 Å². The Bertz CT molecular complexity index is 530. The highest BCUT2D eigenvalue weighted by Crippen LogP contribution is 2.09. The lowest BCUT2D eigenvalue weighted by molar-refractivity contribution is -0.143.